The van der Waals surface area contributed by atoms with E-state index in [4.69, 9.17) is 32.9 Å². The number of hydrogen-bond acceptors (Lipinski definition) is 5. The highest BCUT2D eigenvalue weighted by Crippen LogP contribution is 2.37. The number of nitrogens with zero attached hydrogens (tertiary/aromatic N) is 2. The van der Waals surface area contributed by atoms with Crippen LogP contribution in [-0.4, -0.2) is 60.3 Å². The number of aryl methyl sites for hydroxylation is 1. The third kappa shape index (κ3) is 7.26. The van der Waals surface area contributed by atoms with Crippen LogP contribution in [0.2, 0.25) is 10.0 Å². The van der Waals surface area contributed by atoms with E-state index in [0.29, 0.717) is 46.6 Å². The molecule has 0 spiro atoms. The van der Waals surface area contributed by atoms with E-state index in [1.165, 1.54) is 0 Å². The van der Waals surface area contributed by atoms with Crippen molar-refractivity contribution < 1.29 is 14.6 Å². The summed E-state index contributed by atoms with van der Waals surface area (Å²) in [5.41, 5.74) is 4.63. The third-order valence-corrected chi connectivity index (χ3v) is 7.41. The molecule has 0 saturated heterocycles. The van der Waals surface area contributed by atoms with Crippen LogP contribution in [0, 0.1) is 6.92 Å². The van der Waals surface area contributed by atoms with E-state index < -0.39 is 0 Å². The number of nitrogens with one attached hydrogen (secondary N) is 1. The van der Waals surface area contributed by atoms with Crippen LogP contribution >= 0.6 is 23.2 Å². The lowest BCUT2D eigenvalue weighted by molar-refractivity contribution is 0.0863. The maximum absolute atomic E-state index is 13.2. The Hall–Kier alpha value is -2.64. The molecular weight excluding hydrogens is 521 g/mol. The van der Waals surface area contributed by atoms with Crippen LogP contribution < -0.4 is 10.1 Å². The number of ether oxygens (including phenoxy) is 1. The molecule has 4 rings (SSSR count). The van der Waals surface area contributed by atoms with Crippen LogP contribution in [-0.2, 0) is 0 Å². The Morgan fingerprint density at radius 2 is 1.82 bits per heavy atom. The van der Waals surface area contributed by atoms with Crippen molar-refractivity contribution in [1.29, 1.82) is 0 Å². The number of halogens is 2. The van der Waals surface area contributed by atoms with Crippen LogP contribution in [0.4, 0.5) is 0 Å². The van der Waals surface area contributed by atoms with Gasteiger partial charge in [-0.2, -0.15) is 0 Å². The van der Waals surface area contributed by atoms with Gasteiger partial charge in [0.05, 0.1) is 23.4 Å². The van der Waals surface area contributed by atoms with Crippen LogP contribution in [0.15, 0.2) is 48.5 Å². The number of carbonyl (C=O) groups excluding carboxylic acids is 1. The number of amides is 1. The molecule has 2 N–H and O–H groups in total. The Balaban J connectivity index is 1.69. The average molecular weight is 557 g/mol. The second kappa shape index (κ2) is 12.9. The first-order valence-corrected chi connectivity index (χ1v) is 13.8. The summed E-state index contributed by atoms with van der Waals surface area (Å²) in [6, 6.07) is 15.0. The fourth-order valence-corrected chi connectivity index (χ4v) is 5.06. The SMILES string of the molecule is Cc1ccc(Cl)cc1-c1ccc(C(=O)NC2CCC(O)CC2)nc1-c1ccc(Cl)c(OCCCN(C)C)c1. The molecule has 1 fully saturated rings. The number of rotatable bonds is 9. The number of aromatic nitrogens is 1. The summed E-state index contributed by atoms with van der Waals surface area (Å²) in [6.07, 6.45) is 3.48. The molecule has 1 heterocycles. The lowest BCUT2D eigenvalue weighted by Crippen LogP contribution is -2.38. The van der Waals surface area contributed by atoms with E-state index in [1.54, 1.807) is 12.1 Å². The number of carbonyl (C=O) groups is 1. The molecule has 0 atom stereocenters. The summed E-state index contributed by atoms with van der Waals surface area (Å²) in [4.78, 5) is 20.1. The lowest BCUT2D eigenvalue weighted by Gasteiger charge is -2.26. The molecular formula is C30H35Cl2N3O3. The topological polar surface area (TPSA) is 74.7 Å². The largest absolute Gasteiger partial charge is 0.492 e. The van der Waals surface area contributed by atoms with Gasteiger partial charge in [-0.3, -0.25) is 4.79 Å². The van der Waals surface area contributed by atoms with Crippen molar-refractivity contribution in [3.05, 3.63) is 69.8 Å². The van der Waals surface area contributed by atoms with E-state index in [9.17, 15) is 9.90 Å². The van der Waals surface area contributed by atoms with Gasteiger partial charge in [0.2, 0.25) is 0 Å². The summed E-state index contributed by atoms with van der Waals surface area (Å²) in [5.74, 6) is 0.352. The summed E-state index contributed by atoms with van der Waals surface area (Å²) < 4.78 is 6.02. The Morgan fingerprint density at radius 3 is 2.55 bits per heavy atom. The zero-order valence-electron chi connectivity index (χ0n) is 22.1. The molecule has 1 saturated carbocycles. The van der Waals surface area contributed by atoms with Crippen LogP contribution in [0.3, 0.4) is 0 Å². The first kappa shape index (κ1) is 28.4. The van der Waals surface area contributed by atoms with Crippen LogP contribution in [0.25, 0.3) is 22.4 Å². The molecule has 1 amide bonds. The molecule has 38 heavy (non-hydrogen) atoms. The smallest absolute Gasteiger partial charge is 0.270 e. The predicted octanol–water partition coefficient (Wildman–Crippen LogP) is 6.39. The van der Waals surface area contributed by atoms with Gasteiger partial charge < -0.3 is 20.1 Å². The van der Waals surface area contributed by atoms with Gasteiger partial charge in [0, 0.05) is 28.7 Å². The minimum atomic E-state index is -0.280. The lowest BCUT2D eigenvalue weighted by atomic mass is 9.93. The van der Waals surface area contributed by atoms with Gasteiger partial charge in [0.15, 0.2) is 0 Å². The second-order valence-corrected chi connectivity index (χ2v) is 11.0. The Kier molecular flexibility index (Phi) is 9.66. The number of benzene rings is 2. The minimum Gasteiger partial charge on any atom is -0.492 e. The molecule has 6 nitrogen and oxygen atoms in total. The first-order chi connectivity index (χ1) is 18.2. The fraction of sp³-hybridized carbons (Fsp3) is 0.400. The average Bonchev–Trinajstić information content (AvgIpc) is 2.90. The van der Waals surface area contributed by atoms with E-state index in [1.807, 2.05) is 57.4 Å². The summed E-state index contributed by atoms with van der Waals surface area (Å²) in [6.45, 7) is 3.47. The van der Waals surface area contributed by atoms with E-state index in [0.717, 1.165) is 48.1 Å². The monoisotopic (exact) mass is 555 g/mol. The highest BCUT2D eigenvalue weighted by atomic mass is 35.5. The zero-order chi connectivity index (χ0) is 27.2. The summed E-state index contributed by atoms with van der Waals surface area (Å²) in [7, 11) is 4.05. The van der Waals surface area contributed by atoms with Gasteiger partial charge in [-0.15, -0.1) is 0 Å². The van der Waals surface area contributed by atoms with Crippen molar-refractivity contribution in [2.75, 3.05) is 27.2 Å². The van der Waals surface area contributed by atoms with Gasteiger partial charge in [-0.05, 0) is 101 Å². The molecule has 2 aromatic carbocycles. The van der Waals surface area contributed by atoms with E-state index >= 15 is 0 Å². The van der Waals surface area contributed by atoms with Gasteiger partial charge in [0.25, 0.3) is 5.91 Å². The molecule has 0 aliphatic heterocycles. The standard InChI is InChI=1S/C30H35Cl2N3O3/c1-19-5-7-21(31)18-25(19)24-12-14-27(30(37)33-22-8-10-23(36)11-9-22)34-29(24)20-6-13-26(32)28(17-20)38-16-4-15-35(2)3/h5-7,12-14,17-18,22-23,36H,4,8-11,15-16H2,1-3H3,(H,33,37). The Bertz CT molecular complexity index is 1270. The molecule has 3 aromatic rings. The normalized spacial score (nSPS) is 17.4. The first-order valence-electron chi connectivity index (χ1n) is 13.0. The Morgan fingerprint density at radius 1 is 1.05 bits per heavy atom. The maximum Gasteiger partial charge on any atom is 0.270 e. The quantitative estimate of drug-likeness (QED) is 0.299. The molecule has 202 valence electrons. The molecule has 8 heteroatoms. The number of pyridine rings is 1. The number of aliphatic hydroxyl groups is 1. The minimum absolute atomic E-state index is 0.0312. The molecule has 1 aliphatic carbocycles. The zero-order valence-corrected chi connectivity index (χ0v) is 23.6. The van der Waals surface area contributed by atoms with Gasteiger partial charge in [0.1, 0.15) is 11.4 Å². The van der Waals surface area contributed by atoms with Gasteiger partial charge in [-0.1, -0.05) is 35.3 Å². The number of hydrogen-bond donors (Lipinski definition) is 2. The van der Waals surface area contributed by atoms with E-state index in [-0.39, 0.29) is 18.1 Å². The van der Waals surface area contributed by atoms with Crippen molar-refractivity contribution in [3.63, 3.8) is 0 Å². The third-order valence-electron chi connectivity index (χ3n) is 6.86. The summed E-state index contributed by atoms with van der Waals surface area (Å²) >= 11 is 12.8. The molecule has 0 bridgehead atoms. The number of aliphatic hydroxyl groups excluding tert-OH is 1. The van der Waals surface area contributed by atoms with Crippen molar-refractivity contribution in [2.24, 2.45) is 0 Å². The van der Waals surface area contributed by atoms with Crippen molar-refractivity contribution >= 4 is 29.1 Å². The highest BCUT2D eigenvalue weighted by Gasteiger charge is 2.23. The summed E-state index contributed by atoms with van der Waals surface area (Å²) in [5, 5.41) is 14.0. The van der Waals surface area contributed by atoms with Crippen molar-refractivity contribution in [2.45, 2.75) is 51.2 Å². The van der Waals surface area contributed by atoms with Crippen molar-refractivity contribution in [3.8, 4) is 28.1 Å². The van der Waals surface area contributed by atoms with Crippen LogP contribution in [0.1, 0.15) is 48.2 Å². The highest BCUT2D eigenvalue weighted by molar-refractivity contribution is 6.32. The molecule has 1 aromatic heterocycles. The second-order valence-electron chi connectivity index (χ2n) is 10.2. The van der Waals surface area contributed by atoms with Crippen LogP contribution in [0.5, 0.6) is 5.75 Å². The maximum atomic E-state index is 13.2. The van der Waals surface area contributed by atoms with Crippen molar-refractivity contribution in [1.82, 2.24) is 15.2 Å². The molecule has 0 radical (unpaired) electrons. The molecule has 1 aliphatic rings. The Labute approximate surface area is 234 Å². The van der Waals surface area contributed by atoms with Gasteiger partial charge >= 0.3 is 0 Å². The van der Waals surface area contributed by atoms with E-state index in [2.05, 4.69) is 10.2 Å². The predicted molar refractivity (Wildman–Crippen MR) is 154 cm³/mol. The van der Waals surface area contributed by atoms with Gasteiger partial charge in [-0.25, -0.2) is 4.98 Å². The molecule has 0 unspecified atom stereocenters. The fourth-order valence-electron chi connectivity index (χ4n) is 4.71.